The second kappa shape index (κ2) is 7.36. The van der Waals surface area contributed by atoms with Crippen LogP contribution in [0, 0.1) is 5.92 Å². The highest BCUT2D eigenvalue weighted by Gasteiger charge is 2.17. The average molecular weight is 402 g/mol. The van der Waals surface area contributed by atoms with Crippen molar-refractivity contribution in [2.75, 3.05) is 31.2 Å². The summed E-state index contributed by atoms with van der Waals surface area (Å²) in [6.45, 7) is 2.84. The summed E-state index contributed by atoms with van der Waals surface area (Å²) in [5, 5.41) is 6.54. The minimum atomic E-state index is -3.41. The van der Waals surface area contributed by atoms with Crippen molar-refractivity contribution in [3.63, 3.8) is 0 Å². The first kappa shape index (κ1) is 18.6. The van der Waals surface area contributed by atoms with E-state index in [1.54, 1.807) is 30.5 Å². The Balaban J connectivity index is 1.66. The molecule has 10 heteroatoms. The smallest absolute Gasteiger partial charge is 0.328 e. The molecular weight excluding hydrogens is 380 g/mol. The SMILES string of the molecule is CS(=O)(=O)c1ccccc1Cn1c(=O)[nH]c2cnc(NC[C@@H]3CCNC3)nc21. The number of nitrogens with zero attached hydrogens (tertiary/aromatic N) is 3. The maximum absolute atomic E-state index is 12.4. The van der Waals surface area contributed by atoms with Gasteiger partial charge in [0.2, 0.25) is 5.95 Å². The molecule has 1 aromatic carbocycles. The monoisotopic (exact) mass is 402 g/mol. The Morgan fingerprint density at radius 2 is 2.14 bits per heavy atom. The standard InChI is InChI=1S/C18H22N6O3S/c1-28(26,27)15-5-3-2-4-13(15)11-24-16-14(22-18(24)25)10-21-17(23-16)20-9-12-6-7-19-8-12/h2-5,10,12,19H,6-9,11H2,1H3,(H,22,25)(H,20,21,23)/t12-/m1/s1. The molecule has 3 N–H and O–H groups in total. The second-order valence-electron chi connectivity index (χ2n) is 7.07. The van der Waals surface area contributed by atoms with Crippen molar-refractivity contribution in [2.24, 2.45) is 5.92 Å². The Morgan fingerprint density at radius 1 is 1.32 bits per heavy atom. The number of fused-ring (bicyclic) bond motifs is 1. The summed E-state index contributed by atoms with van der Waals surface area (Å²) in [5.41, 5.74) is 1.13. The molecule has 0 spiro atoms. The molecule has 0 aliphatic carbocycles. The van der Waals surface area contributed by atoms with Gasteiger partial charge in [-0.3, -0.25) is 4.57 Å². The first-order chi connectivity index (χ1) is 13.4. The molecule has 1 aliphatic rings. The summed E-state index contributed by atoms with van der Waals surface area (Å²) < 4.78 is 25.6. The van der Waals surface area contributed by atoms with Crippen LogP contribution in [0.15, 0.2) is 40.2 Å². The van der Waals surface area contributed by atoms with Gasteiger partial charge in [0.25, 0.3) is 0 Å². The normalized spacial score (nSPS) is 17.2. The molecule has 1 fully saturated rings. The zero-order chi connectivity index (χ0) is 19.7. The molecule has 0 saturated carbocycles. The number of rotatable bonds is 6. The Labute approximate surface area is 162 Å². The largest absolute Gasteiger partial charge is 0.354 e. The number of anilines is 1. The van der Waals surface area contributed by atoms with Gasteiger partial charge in [0.15, 0.2) is 15.5 Å². The van der Waals surface area contributed by atoms with Crippen LogP contribution in [0.3, 0.4) is 0 Å². The predicted octanol–water partition coefficient (Wildman–Crippen LogP) is 0.593. The lowest BCUT2D eigenvalue weighted by Crippen LogP contribution is -2.20. The van der Waals surface area contributed by atoms with E-state index in [0.717, 1.165) is 32.3 Å². The van der Waals surface area contributed by atoms with E-state index in [2.05, 4.69) is 25.6 Å². The molecule has 9 nitrogen and oxygen atoms in total. The molecule has 148 valence electrons. The second-order valence-corrected chi connectivity index (χ2v) is 9.05. The Morgan fingerprint density at radius 3 is 2.89 bits per heavy atom. The van der Waals surface area contributed by atoms with Crippen LogP contribution < -0.4 is 16.3 Å². The van der Waals surface area contributed by atoms with E-state index in [-0.39, 0.29) is 17.1 Å². The van der Waals surface area contributed by atoms with Crippen LogP contribution in [-0.2, 0) is 16.4 Å². The van der Waals surface area contributed by atoms with Crippen LogP contribution in [0.25, 0.3) is 11.2 Å². The summed E-state index contributed by atoms with van der Waals surface area (Å²) in [6, 6.07) is 6.67. The topological polar surface area (TPSA) is 122 Å². The number of aromatic amines is 1. The van der Waals surface area contributed by atoms with Gasteiger partial charge in [-0.2, -0.15) is 4.98 Å². The van der Waals surface area contributed by atoms with Crippen LogP contribution in [-0.4, -0.2) is 53.8 Å². The molecule has 28 heavy (non-hydrogen) atoms. The van der Waals surface area contributed by atoms with E-state index >= 15 is 0 Å². The van der Waals surface area contributed by atoms with Gasteiger partial charge in [0, 0.05) is 12.8 Å². The van der Waals surface area contributed by atoms with E-state index in [9.17, 15) is 13.2 Å². The van der Waals surface area contributed by atoms with E-state index in [4.69, 9.17) is 0 Å². The number of imidazole rings is 1. The number of sulfone groups is 1. The van der Waals surface area contributed by atoms with Gasteiger partial charge in [-0.05, 0) is 37.1 Å². The number of aromatic nitrogens is 4. The first-order valence-corrected chi connectivity index (χ1v) is 11.0. The molecule has 1 aliphatic heterocycles. The van der Waals surface area contributed by atoms with Gasteiger partial charge in [0.1, 0.15) is 5.52 Å². The predicted molar refractivity (Wildman–Crippen MR) is 106 cm³/mol. The van der Waals surface area contributed by atoms with Crippen molar-refractivity contribution in [1.82, 2.24) is 24.8 Å². The Hall–Kier alpha value is -2.72. The quantitative estimate of drug-likeness (QED) is 0.552. The number of hydrogen-bond acceptors (Lipinski definition) is 7. The van der Waals surface area contributed by atoms with E-state index in [1.807, 2.05) is 0 Å². The Bertz CT molecular complexity index is 1160. The Kier molecular flexibility index (Phi) is 4.90. The zero-order valence-electron chi connectivity index (χ0n) is 15.5. The fraction of sp³-hybridized carbons (Fsp3) is 0.389. The molecule has 0 amide bonds. The van der Waals surface area contributed by atoms with E-state index in [1.165, 1.54) is 4.57 Å². The number of hydrogen-bond donors (Lipinski definition) is 3. The van der Waals surface area contributed by atoms with Gasteiger partial charge >= 0.3 is 5.69 Å². The fourth-order valence-electron chi connectivity index (χ4n) is 3.47. The van der Waals surface area contributed by atoms with Gasteiger partial charge < -0.3 is 15.6 Å². The highest BCUT2D eigenvalue weighted by Crippen LogP contribution is 2.18. The summed E-state index contributed by atoms with van der Waals surface area (Å²) in [4.78, 5) is 24.1. The van der Waals surface area contributed by atoms with Crippen molar-refractivity contribution in [3.05, 3.63) is 46.5 Å². The molecule has 3 heterocycles. The lowest BCUT2D eigenvalue weighted by molar-refractivity contribution is 0.599. The van der Waals surface area contributed by atoms with E-state index in [0.29, 0.717) is 28.6 Å². The van der Waals surface area contributed by atoms with Gasteiger partial charge in [-0.25, -0.2) is 18.2 Å². The minimum Gasteiger partial charge on any atom is -0.354 e. The third-order valence-corrected chi connectivity index (χ3v) is 6.12. The van der Waals surface area contributed by atoms with Crippen molar-refractivity contribution in [3.8, 4) is 0 Å². The lowest BCUT2D eigenvalue weighted by atomic mass is 10.1. The number of benzene rings is 1. The summed E-state index contributed by atoms with van der Waals surface area (Å²) >= 11 is 0. The van der Waals surface area contributed by atoms with E-state index < -0.39 is 9.84 Å². The zero-order valence-corrected chi connectivity index (χ0v) is 16.3. The molecule has 1 saturated heterocycles. The van der Waals surface area contributed by atoms with Crippen molar-refractivity contribution >= 4 is 26.9 Å². The van der Waals surface area contributed by atoms with Crippen molar-refractivity contribution in [2.45, 2.75) is 17.9 Å². The summed E-state index contributed by atoms with van der Waals surface area (Å²) in [5.74, 6) is 0.970. The number of H-pyrrole nitrogens is 1. The van der Waals surface area contributed by atoms with Crippen molar-refractivity contribution < 1.29 is 8.42 Å². The molecule has 2 aromatic heterocycles. The van der Waals surface area contributed by atoms with Crippen LogP contribution in [0.2, 0.25) is 0 Å². The summed E-state index contributed by atoms with van der Waals surface area (Å²) in [6.07, 6.45) is 3.83. The molecule has 4 rings (SSSR count). The van der Waals surface area contributed by atoms with Gasteiger partial charge in [-0.1, -0.05) is 18.2 Å². The first-order valence-electron chi connectivity index (χ1n) is 9.10. The molecule has 3 aromatic rings. The summed E-state index contributed by atoms with van der Waals surface area (Å²) in [7, 11) is -3.41. The highest BCUT2D eigenvalue weighted by atomic mass is 32.2. The minimum absolute atomic E-state index is 0.102. The maximum atomic E-state index is 12.4. The molecular formula is C18H22N6O3S. The molecule has 0 unspecified atom stereocenters. The van der Waals surface area contributed by atoms with Gasteiger partial charge in [-0.15, -0.1) is 0 Å². The van der Waals surface area contributed by atoms with Crippen LogP contribution in [0.4, 0.5) is 5.95 Å². The molecule has 0 bridgehead atoms. The number of nitrogens with one attached hydrogen (secondary N) is 3. The maximum Gasteiger partial charge on any atom is 0.328 e. The lowest BCUT2D eigenvalue weighted by Gasteiger charge is -2.11. The van der Waals surface area contributed by atoms with Crippen LogP contribution in [0.1, 0.15) is 12.0 Å². The average Bonchev–Trinajstić information content (AvgIpc) is 3.28. The molecule has 1 atom stereocenters. The highest BCUT2D eigenvalue weighted by molar-refractivity contribution is 7.90. The third kappa shape index (κ3) is 3.78. The fourth-order valence-corrected chi connectivity index (χ4v) is 4.40. The van der Waals surface area contributed by atoms with Gasteiger partial charge in [0.05, 0.1) is 17.6 Å². The van der Waals surface area contributed by atoms with Crippen molar-refractivity contribution in [1.29, 1.82) is 0 Å². The molecule has 0 radical (unpaired) electrons. The van der Waals surface area contributed by atoms with Crippen LogP contribution in [0.5, 0.6) is 0 Å². The third-order valence-electron chi connectivity index (χ3n) is 4.92. The van der Waals surface area contributed by atoms with Crippen LogP contribution >= 0.6 is 0 Å².